The van der Waals surface area contributed by atoms with E-state index in [4.69, 9.17) is 0 Å². The third-order valence-corrected chi connectivity index (χ3v) is 2.60. The molecule has 1 saturated carbocycles. The van der Waals surface area contributed by atoms with Crippen molar-refractivity contribution in [3.8, 4) is 0 Å². The topological polar surface area (TPSA) is 67.2 Å². The van der Waals surface area contributed by atoms with Gasteiger partial charge < -0.3 is 10.4 Å². The molecule has 1 aliphatic rings. The highest BCUT2D eigenvalue weighted by atomic mass is 16.3. The second-order valence-corrected chi connectivity index (χ2v) is 4.33. The molecular formula is C11H17N3O2. The average Bonchev–Trinajstić information content (AvgIpc) is 3.04. The minimum absolute atomic E-state index is 0.170. The Kier molecular flexibility index (Phi) is 3.36. The molecule has 0 aliphatic heterocycles. The van der Waals surface area contributed by atoms with E-state index in [1.54, 1.807) is 6.07 Å². The fraction of sp³-hybridized carbons (Fsp3) is 0.636. The van der Waals surface area contributed by atoms with Crippen LogP contribution >= 0.6 is 0 Å². The van der Waals surface area contributed by atoms with Gasteiger partial charge in [0.2, 0.25) is 0 Å². The quantitative estimate of drug-likeness (QED) is 0.717. The lowest BCUT2D eigenvalue weighted by Gasteiger charge is -2.12. The summed E-state index contributed by atoms with van der Waals surface area (Å²) in [6.07, 6.45) is 1.82. The Hall–Kier alpha value is -1.20. The number of nitrogens with one attached hydrogen (secondary N) is 1. The van der Waals surface area contributed by atoms with Gasteiger partial charge in [0.1, 0.15) is 0 Å². The van der Waals surface area contributed by atoms with Crippen LogP contribution in [0.2, 0.25) is 0 Å². The van der Waals surface area contributed by atoms with E-state index in [-0.39, 0.29) is 12.1 Å². The van der Waals surface area contributed by atoms with Crippen molar-refractivity contribution in [2.75, 3.05) is 6.54 Å². The predicted molar refractivity (Wildman–Crippen MR) is 60.3 cm³/mol. The Morgan fingerprint density at radius 2 is 2.38 bits per heavy atom. The van der Waals surface area contributed by atoms with Crippen molar-refractivity contribution in [3.05, 3.63) is 28.2 Å². The van der Waals surface area contributed by atoms with Gasteiger partial charge in [-0.1, -0.05) is 0 Å². The van der Waals surface area contributed by atoms with Gasteiger partial charge in [-0.2, -0.15) is 5.10 Å². The molecule has 0 bridgehead atoms. The molecule has 1 unspecified atom stereocenters. The number of hydrogen-bond acceptors (Lipinski definition) is 4. The summed E-state index contributed by atoms with van der Waals surface area (Å²) in [6.45, 7) is 2.59. The van der Waals surface area contributed by atoms with Crippen molar-refractivity contribution in [1.29, 1.82) is 0 Å². The number of aliphatic hydroxyl groups is 1. The zero-order chi connectivity index (χ0) is 11.5. The lowest BCUT2D eigenvalue weighted by atomic mass is 10.3. The average molecular weight is 223 g/mol. The summed E-state index contributed by atoms with van der Waals surface area (Å²) in [5.74, 6) is 0. The molecule has 5 heteroatoms. The molecule has 88 valence electrons. The molecule has 0 aromatic carbocycles. The first-order valence-corrected chi connectivity index (χ1v) is 5.61. The van der Waals surface area contributed by atoms with Crippen LogP contribution in [0.3, 0.4) is 0 Å². The van der Waals surface area contributed by atoms with Crippen molar-refractivity contribution < 1.29 is 5.11 Å². The van der Waals surface area contributed by atoms with E-state index in [1.807, 2.05) is 6.92 Å². The minimum Gasteiger partial charge on any atom is -0.390 e. The van der Waals surface area contributed by atoms with Gasteiger partial charge in [0, 0.05) is 18.7 Å². The van der Waals surface area contributed by atoms with Crippen LogP contribution in [-0.2, 0) is 6.54 Å². The van der Waals surface area contributed by atoms with Crippen molar-refractivity contribution >= 4 is 0 Å². The molecule has 2 rings (SSSR count). The van der Waals surface area contributed by atoms with Gasteiger partial charge >= 0.3 is 0 Å². The van der Waals surface area contributed by atoms with Crippen molar-refractivity contribution in [2.24, 2.45) is 0 Å². The molecule has 1 fully saturated rings. The van der Waals surface area contributed by atoms with Crippen LogP contribution in [0.25, 0.3) is 0 Å². The fourth-order valence-corrected chi connectivity index (χ4v) is 1.54. The van der Waals surface area contributed by atoms with Crippen LogP contribution in [0.15, 0.2) is 16.9 Å². The molecule has 5 nitrogen and oxygen atoms in total. The van der Waals surface area contributed by atoms with Gasteiger partial charge in [-0.3, -0.25) is 4.79 Å². The highest BCUT2D eigenvalue weighted by Crippen LogP contribution is 2.18. The Morgan fingerprint density at radius 1 is 1.62 bits per heavy atom. The number of aromatic nitrogens is 2. The molecule has 0 radical (unpaired) electrons. The lowest BCUT2D eigenvalue weighted by molar-refractivity contribution is 0.144. The molecule has 1 atom stereocenters. The van der Waals surface area contributed by atoms with E-state index in [1.165, 1.54) is 23.6 Å². The number of nitrogens with zero attached hydrogens (tertiary/aromatic N) is 2. The highest BCUT2D eigenvalue weighted by molar-refractivity contribution is 4.97. The van der Waals surface area contributed by atoms with E-state index in [0.717, 1.165) is 5.69 Å². The first-order chi connectivity index (χ1) is 7.65. The van der Waals surface area contributed by atoms with E-state index >= 15 is 0 Å². The first kappa shape index (κ1) is 11.3. The monoisotopic (exact) mass is 223 g/mol. The number of aryl methyl sites for hydroxylation is 1. The molecular weight excluding hydrogens is 206 g/mol. The zero-order valence-electron chi connectivity index (χ0n) is 9.39. The third kappa shape index (κ3) is 3.15. The number of rotatable bonds is 5. The van der Waals surface area contributed by atoms with Gasteiger partial charge in [0.15, 0.2) is 0 Å². The maximum Gasteiger partial charge on any atom is 0.266 e. The Balaban J connectivity index is 1.90. The van der Waals surface area contributed by atoms with Crippen LogP contribution in [0.1, 0.15) is 18.5 Å². The standard InChI is InChI=1S/C11H17N3O2/c1-8-2-5-11(16)14(13-8)7-10(15)6-12-9-3-4-9/h2,5,9-10,12,15H,3-4,6-7H2,1H3. The van der Waals surface area contributed by atoms with Crippen molar-refractivity contribution in [1.82, 2.24) is 15.1 Å². The molecule has 2 N–H and O–H groups in total. The maximum atomic E-state index is 11.4. The van der Waals surface area contributed by atoms with Gasteiger partial charge in [-0.05, 0) is 25.8 Å². The SMILES string of the molecule is Cc1ccc(=O)n(CC(O)CNC2CC2)n1. The summed E-state index contributed by atoms with van der Waals surface area (Å²) in [6, 6.07) is 3.72. The first-order valence-electron chi connectivity index (χ1n) is 5.61. The summed E-state index contributed by atoms with van der Waals surface area (Å²) >= 11 is 0. The minimum atomic E-state index is -0.562. The molecule has 1 aliphatic carbocycles. The summed E-state index contributed by atoms with van der Waals surface area (Å²) in [7, 11) is 0. The summed E-state index contributed by atoms with van der Waals surface area (Å²) in [5, 5.41) is 17.0. The third-order valence-electron chi connectivity index (χ3n) is 2.60. The normalized spacial score (nSPS) is 17.4. The van der Waals surface area contributed by atoms with E-state index < -0.39 is 6.10 Å². The van der Waals surface area contributed by atoms with Crippen LogP contribution in [-0.4, -0.2) is 33.6 Å². The number of hydrogen-bond donors (Lipinski definition) is 2. The maximum absolute atomic E-state index is 11.4. The summed E-state index contributed by atoms with van der Waals surface area (Å²) in [5.41, 5.74) is 0.609. The molecule has 0 saturated heterocycles. The molecule has 16 heavy (non-hydrogen) atoms. The van der Waals surface area contributed by atoms with Gasteiger partial charge in [0.25, 0.3) is 5.56 Å². The summed E-state index contributed by atoms with van der Waals surface area (Å²) in [4.78, 5) is 11.4. The second-order valence-electron chi connectivity index (χ2n) is 4.33. The smallest absolute Gasteiger partial charge is 0.266 e. The Morgan fingerprint density at radius 3 is 3.06 bits per heavy atom. The molecule has 1 heterocycles. The number of aliphatic hydroxyl groups excluding tert-OH is 1. The second kappa shape index (κ2) is 4.76. The van der Waals surface area contributed by atoms with E-state index in [9.17, 15) is 9.90 Å². The van der Waals surface area contributed by atoms with Crippen LogP contribution in [0, 0.1) is 6.92 Å². The van der Waals surface area contributed by atoms with Crippen molar-refractivity contribution in [3.63, 3.8) is 0 Å². The van der Waals surface area contributed by atoms with Crippen molar-refractivity contribution in [2.45, 2.75) is 38.5 Å². The van der Waals surface area contributed by atoms with Gasteiger partial charge in [-0.25, -0.2) is 4.68 Å². The largest absolute Gasteiger partial charge is 0.390 e. The Labute approximate surface area is 94.1 Å². The van der Waals surface area contributed by atoms with E-state index in [0.29, 0.717) is 12.6 Å². The predicted octanol–water partition coefficient (Wildman–Crippen LogP) is -0.335. The molecule has 0 spiro atoms. The van der Waals surface area contributed by atoms with Crippen LogP contribution in [0.5, 0.6) is 0 Å². The Bertz CT molecular complexity index is 412. The van der Waals surface area contributed by atoms with Gasteiger partial charge in [0.05, 0.1) is 18.3 Å². The molecule has 0 amide bonds. The summed E-state index contributed by atoms with van der Waals surface area (Å²) < 4.78 is 1.31. The molecule has 1 aromatic rings. The lowest BCUT2D eigenvalue weighted by Crippen LogP contribution is -2.35. The van der Waals surface area contributed by atoms with E-state index in [2.05, 4.69) is 10.4 Å². The molecule has 1 aromatic heterocycles. The zero-order valence-corrected chi connectivity index (χ0v) is 9.39. The van der Waals surface area contributed by atoms with Crippen LogP contribution in [0.4, 0.5) is 0 Å². The highest BCUT2D eigenvalue weighted by Gasteiger charge is 2.21. The van der Waals surface area contributed by atoms with Gasteiger partial charge in [-0.15, -0.1) is 0 Å². The fourth-order valence-electron chi connectivity index (χ4n) is 1.54. The van der Waals surface area contributed by atoms with Crippen LogP contribution < -0.4 is 10.9 Å².